The minimum Gasteiger partial charge on any atom is -0.479 e. The summed E-state index contributed by atoms with van der Waals surface area (Å²) < 4.78 is 5.59. The van der Waals surface area contributed by atoms with E-state index in [2.05, 4.69) is 29.6 Å². The van der Waals surface area contributed by atoms with E-state index in [-0.39, 0.29) is 43.5 Å². The number of likely N-dealkylation sites (tertiary alicyclic amines) is 1. The molecule has 0 radical (unpaired) electrons. The van der Waals surface area contributed by atoms with Crippen molar-refractivity contribution in [2.24, 2.45) is 5.92 Å². The van der Waals surface area contributed by atoms with Crippen LogP contribution in [0.1, 0.15) is 50.2 Å². The molecule has 0 bridgehead atoms. The number of nitrogens with zero attached hydrogens (tertiary/aromatic N) is 1. The van der Waals surface area contributed by atoms with E-state index >= 15 is 0 Å². The van der Waals surface area contributed by atoms with Gasteiger partial charge in [0.2, 0.25) is 5.91 Å². The Bertz CT molecular complexity index is 1060. The van der Waals surface area contributed by atoms with Gasteiger partial charge in [-0.1, -0.05) is 61.9 Å². The number of fused-ring (bicyclic) bond motifs is 3. The van der Waals surface area contributed by atoms with Gasteiger partial charge < -0.3 is 25.2 Å². The summed E-state index contributed by atoms with van der Waals surface area (Å²) in [5.74, 6) is -1.74. The Morgan fingerprint density at radius 1 is 1.03 bits per heavy atom. The molecule has 4 rings (SSSR count). The molecule has 8 heteroatoms. The van der Waals surface area contributed by atoms with Gasteiger partial charge >= 0.3 is 12.1 Å². The number of carboxylic acid groups (broad SMARTS) is 1. The molecule has 0 saturated carbocycles. The van der Waals surface area contributed by atoms with Crippen molar-refractivity contribution in [1.82, 2.24) is 10.2 Å². The molecule has 186 valence electrons. The fourth-order valence-corrected chi connectivity index (χ4v) is 4.96. The van der Waals surface area contributed by atoms with Crippen molar-refractivity contribution in [3.8, 4) is 11.1 Å². The lowest BCUT2D eigenvalue weighted by Crippen LogP contribution is -2.68. The summed E-state index contributed by atoms with van der Waals surface area (Å²) in [5, 5.41) is 21.6. The molecule has 2 amide bonds. The van der Waals surface area contributed by atoms with Gasteiger partial charge in [0.15, 0.2) is 5.60 Å². The van der Waals surface area contributed by atoms with Gasteiger partial charge in [-0.25, -0.2) is 9.59 Å². The van der Waals surface area contributed by atoms with Gasteiger partial charge in [-0.05, 0) is 42.0 Å². The molecule has 0 aromatic heterocycles. The third-order valence-corrected chi connectivity index (χ3v) is 7.02. The number of alkyl carbamates (subject to hydrolysis) is 1. The average Bonchev–Trinajstić information content (AvgIpc) is 3.13. The predicted molar refractivity (Wildman–Crippen MR) is 130 cm³/mol. The average molecular weight is 481 g/mol. The fraction of sp³-hybridized carbons (Fsp3) is 0.444. The van der Waals surface area contributed by atoms with Gasteiger partial charge in [0.05, 0.1) is 13.1 Å². The zero-order valence-electron chi connectivity index (χ0n) is 20.1. The maximum absolute atomic E-state index is 12.4. The summed E-state index contributed by atoms with van der Waals surface area (Å²) in [6.45, 7) is 3.60. The standard InChI is InChI=1S/C27H32N2O6/c1-17(24(30)29-15-27(34,16-29)25(31)32)8-7-9-18(2)28-26(33)35-14-23-21-12-5-3-10-19(21)20-11-4-6-13-22(20)23/h3-6,10-13,17-18,23,34H,7-9,14-16H2,1-2H3,(H,28,33)(H,31,32). The molecule has 35 heavy (non-hydrogen) atoms. The van der Waals surface area contributed by atoms with Crippen LogP contribution in [0, 0.1) is 5.92 Å². The summed E-state index contributed by atoms with van der Waals surface area (Å²) in [6, 6.07) is 16.3. The van der Waals surface area contributed by atoms with Crippen molar-refractivity contribution in [3.05, 3.63) is 59.7 Å². The molecule has 2 aliphatic rings. The van der Waals surface area contributed by atoms with Crippen LogP contribution in [-0.2, 0) is 14.3 Å². The third kappa shape index (κ3) is 5.17. The number of ether oxygens (including phenoxy) is 1. The van der Waals surface area contributed by atoms with E-state index in [1.54, 1.807) is 6.92 Å². The Kier molecular flexibility index (Phi) is 7.12. The highest BCUT2D eigenvalue weighted by molar-refractivity contribution is 5.86. The van der Waals surface area contributed by atoms with Crippen LogP contribution < -0.4 is 5.32 Å². The zero-order chi connectivity index (χ0) is 25.2. The Balaban J connectivity index is 1.19. The van der Waals surface area contributed by atoms with Crippen molar-refractivity contribution in [2.45, 2.75) is 50.7 Å². The number of carbonyl (C=O) groups excluding carboxylic acids is 2. The molecule has 0 spiro atoms. The lowest BCUT2D eigenvalue weighted by molar-refractivity contribution is -0.183. The Morgan fingerprint density at radius 3 is 2.17 bits per heavy atom. The summed E-state index contributed by atoms with van der Waals surface area (Å²) in [4.78, 5) is 37.2. The summed E-state index contributed by atoms with van der Waals surface area (Å²) >= 11 is 0. The number of rotatable bonds is 9. The molecule has 8 nitrogen and oxygen atoms in total. The zero-order valence-corrected chi connectivity index (χ0v) is 20.1. The number of nitrogens with one attached hydrogen (secondary N) is 1. The second-order valence-electron chi connectivity index (χ2n) is 9.73. The first-order valence-electron chi connectivity index (χ1n) is 12.1. The number of benzene rings is 2. The number of β-amino-alcohol motifs (C(OH)–C–C–N with tert-alkyl or cyclic N) is 1. The molecule has 1 heterocycles. The molecule has 1 aliphatic heterocycles. The minimum absolute atomic E-state index is 0.00982. The topological polar surface area (TPSA) is 116 Å². The van der Waals surface area contributed by atoms with Crippen LogP contribution in [0.2, 0.25) is 0 Å². The van der Waals surface area contributed by atoms with Gasteiger partial charge in [0.25, 0.3) is 0 Å². The highest BCUT2D eigenvalue weighted by atomic mass is 16.5. The van der Waals surface area contributed by atoms with Crippen LogP contribution in [0.3, 0.4) is 0 Å². The normalized spacial score (nSPS) is 17.5. The van der Waals surface area contributed by atoms with Crippen molar-refractivity contribution in [3.63, 3.8) is 0 Å². The van der Waals surface area contributed by atoms with E-state index in [4.69, 9.17) is 9.84 Å². The molecule has 1 fully saturated rings. The van der Waals surface area contributed by atoms with Crippen LogP contribution in [0.4, 0.5) is 4.79 Å². The number of carbonyl (C=O) groups is 3. The predicted octanol–water partition coefficient (Wildman–Crippen LogP) is 3.38. The number of amides is 2. The van der Waals surface area contributed by atoms with Crippen LogP contribution >= 0.6 is 0 Å². The fourth-order valence-electron chi connectivity index (χ4n) is 4.96. The quantitative estimate of drug-likeness (QED) is 0.507. The largest absolute Gasteiger partial charge is 0.479 e. The van der Waals surface area contributed by atoms with Crippen molar-refractivity contribution >= 4 is 18.0 Å². The number of hydrogen-bond donors (Lipinski definition) is 3. The van der Waals surface area contributed by atoms with Crippen LogP contribution in [-0.4, -0.2) is 64.4 Å². The second kappa shape index (κ2) is 10.1. The first kappa shape index (κ1) is 24.7. The van der Waals surface area contributed by atoms with E-state index in [9.17, 15) is 19.5 Å². The summed E-state index contributed by atoms with van der Waals surface area (Å²) in [7, 11) is 0. The number of aliphatic hydroxyl groups is 1. The van der Waals surface area contributed by atoms with Gasteiger partial charge in [-0.15, -0.1) is 0 Å². The minimum atomic E-state index is -1.82. The second-order valence-corrected chi connectivity index (χ2v) is 9.73. The van der Waals surface area contributed by atoms with Crippen LogP contribution in [0.25, 0.3) is 11.1 Å². The van der Waals surface area contributed by atoms with Gasteiger partial charge in [0.1, 0.15) is 6.61 Å². The monoisotopic (exact) mass is 480 g/mol. The molecule has 3 N–H and O–H groups in total. The van der Waals surface area contributed by atoms with E-state index < -0.39 is 17.7 Å². The van der Waals surface area contributed by atoms with Crippen molar-refractivity contribution in [2.75, 3.05) is 19.7 Å². The first-order chi connectivity index (χ1) is 16.7. The molecule has 2 unspecified atom stereocenters. The number of carboxylic acids is 1. The Hall–Kier alpha value is -3.39. The maximum Gasteiger partial charge on any atom is 0.407 e. The molecule has 2 aromatic carbocycles. The van der Waals surface area contributed by atoms with Crippen LogP contribution in [0.5, 0.6) is 0 Å². The molecule has 2 atom stereocenters. The van der Waals surface area contributed by atoms with E-state index in [1.165, 1.54) is 16.0 Å². The Labute approximate surface area is 204 Å². The molecule has 2 aromatic rings. The molecular formula is C27H32N2O6. The first-order valence-corrected chi connectivity index (χ1v) is 12.1. The number of hydrogen-bond acceptors (Lipinski definition) is 5. The maximum atomic E-state index is 12.4. The Morgan fingerprint density at radius 2 is 1.60 bits per heavy atom. The lowest BCUT2D eigenvalue weighted by atomic mass is 9.91. The van der Waals surface area contributed by atoms with Gasteiger partial charge in [-0.3, -0.25) is 4.79 Å². The molecular weight excluding hydrogens is 448 g/mol. The van der Waals surface area contributed by atoms with E-state index in [0.29, 0.717) is 12.8 Å². The highest BCUT2D eigenvalue weighted by Gasteiger charge is 2.50. The third-order valence-electron chi connectivity index (χ3n) is 7.02. The number of aliphatic carboxylic acids is 1. The summed E-state index contributed by atoms with van der Waals surface area (Å²) in [5.41, 5.74) is 2.87. The van der Waals surface area contributed by atoms with E-state index in [1.807, 2.05) is 31.2 Å². The SMILES string of the molecule is CC(CCCC(C)C(=O)N1CC(O)(C(=O)O)C1)NC(=O)OCC1c2ccccc2-c2ccccc21. The van der Waals surface area contributed by atoms with Gasteiger partial charge in [0, 0.05) is 17.9 Å². The van der Waals surface area contributed by atoms with Crippen molar-refractivity contribution < 1.29 is 29.3 Å². The van der Waals surface area contributed by atoms with E-state index in [0.717, 1.165) is 17.5 Å². The van der Waals surface area contributed by atoms with Gasteiger partial charge in [-0.2, -0.15) is 0 Å². The highest BCUT2D eigenvalue weighted by Crippen LogP contribution is 2.44. The lowest BCUT2D eigenvalue weighted by Gasteiger charge is -2.44. The van der Waals surface area contributed by atoms with Crippen LogP contribution in [0.15, 0.2) is 48.5 Å². The smallest absolute Gasteiger partial charge is 0.407 e. The van der Waals surface area contributed by atoms with Crippen molar-refractivity contribution in [1.29, 1.82) is 0 Å². The molecule has 1 saturated heterocycles. The summed E-state index contributed by atoms with van der Waals surface area (Å²) in [6.07, 6.45) is 1.55. The molecule has 1 aliphatic carbocycles.